The Hall–Kier alpha value is 0.106. The van der Waals surface area contributed by atoms with Crippen molar-refractivity contribution in [1.29, 1.82) is 0 Å². The van der Waals surface area contributed by atoms with E-state index in [2.05, 4.69) is 3.53 Å². The maximum absolute atomic E-state index is 9.62. The summed E-state index contributed by atoms with van der Waals surface area (Å²) >= 11 is 0.606. The van der Waals surface area contributed by atoms with Crippen molar-refractivity contribution in [3.05, 3.63) is 0 Å². The van der Waals surface area contributed by atoms with Gasteiger partial charge in [-0.05, 0) is 0 Å². The van der Waals surface area contributed by atoms with E-state index in [0.29, 0.717) is 19.0 Å². The molecule has 2 nitrogen and oxygen atoms in total. The van der Waals surface area contributed by atoms with Gasteiger partial charge in [0.25, 0.3) is 0 Å². The summed E-state index contributed by atoms with van der Waals surface area (Å²) in [4.78, 5) is 9.62. The molecule has 0 heterocycles. The van der Waals surface area contributed by atoms with E-state index >= 15 is 0 Å². The van der Waals surface area contributed by atoms with E-state index in [1.807, 2.05) is 0 Å². The van der Waals surface area contributed by atoms with Crippen LogP contribution < -0.4 is 0 Å². The quantitative estimate of drug-likeness (QED) is 0.407. The Morgan fingerprint density at radius 2 is 2.20 bits per heavy atom. The van der Waals surface area contributed by atoms with E-state index in [9.17, 15) is 4.79 Å². The molecule has 0 aromatic carbocycles. The first-order valence-electron chi connectivity index (χ1n) is 1.20. The topological polar surface area (TPSA) is 26.3 Å². The summed E-state index contributed by atoms with van der Waals surface area (Å²) in [6.07, 6.45) is 0. The van der Waals surface area contributed by atoms with Crippen molar-refractivity contribution in [3.63, 3.8) is 0 Å². The van der Waals surface area contributed by atoms with Gasteiger partial charge in [-0.3, -0.25) is 0 Å². The van der Waals surface area contributed by atoms with E-state index < -0.39 is 0 Å². The maximum atomic E-state index is 9.62. The minimum absolute atomic E-state index is 0.190. The first-order valence-corrected chi connectivity index (χ1v) is 2.41. The summed E-state index contributed by atoms with van der Waals surface area (Å²) in [5, 5.41) is 0. The van der Waals surface area contributed by atoms with Gasteiger partial charge in [-0.15, -0.1) is 0 Å². The van der Waals surface area contributed by atoms with Crippen molar-refractivity contribution >= 4 is 24.9 Å². The average Bonchev–Trinajstić information content (AvgIpc) is 1.38. The minimum atomic E-state index is -0.190. The van der Waals surface area contributed by atoms with Gasteiger partial charge < -0.3 is 0 Å². The van der Waals surface area contributed by atoms with Gasteiger partial charge in [-0.2, -0.15) is 0 Å². The van der Waals surface area contributed by atoms with Crippen LogP contribution in [0.25, 0.3) is 0 Å². The molecule has 0 aliphatic heterocycles. The Bertz CT molecular complexity index is 42.9. The van der Waals surface area contributed by atoms with Gasteiger partial charge in [-0.1, -0.05) is 0 Å². The van der Waals surface area contributed by atoms with Crippen molar-refractivity contribution in [2.24, 2.45) is 0 Å². The van der Waals surface area contributed by atoms with E-state index in [4.69, 9.17) is 0 Å². The molecular formula is C2H4GaO2. The molecule has 0 aliphatic carbocycles. The van der Waals surface area contributed by atoms with Crippen LogP contribution >= 0.6 is 0 Å². The number of hydrogen-bond acceptors (Lipinski definition) is 2. The molecule has 3 heteroatoms. The monoisotopic (exact) mass is 129 g/mol. The molecule has 0 saturated carbocycles. The SMILES string of the molecule is CC(=O)[O][GaH]. The zero-order valence-corrected chi connectivity index (χ0v) is 5.99. The zero-order valence-electron chi connectivity index (χ0n) is 3.02. The molecule has 0 spiro atoms. The van der Waals surface area contributed by atoms with Crippen molar-refractivity contribution in [3.8, 4) is 0 Å². The molecule has 0 unspecified atom stereocenters. The summed E-state index contributed by atoms with van der Waals surface area (Å²) in [6.45, 7) is 1.39. The standard InChI is InChI=1S/C2H4O2.Ga.H/c1-2(3)4;;/h1H3,(H,3,4);;/q;+1;/p-1. The van der Waals surface area contributed by atoms with Crippen LogP contribution in [0.2, 0.25) is 0 Å². The first kappa shape index (κ1) is 5.11. The predicted octanol–water partition coefficient (Wildman–Crippen LogP) is -0.635. The fourth-order valence-electron chi connectivity index (χ4n) is 0. The first-order chi connectivity index (χ1) is 2.27. The third kappa shape index (κ3) is 4.11. The molecule has 0 N–H and O–H groups in total. The van der Waals surface area contributed by atoms with Crippen LogP contribution in [0.4, 0.5) is 0 Å². The number of rotatable bonds is 0. The van der Waals surface area contributed by atoms with Crippen LogP contribution in [0.5, 0.6) is 0 Å². The third-order valence-corrected chi connectivity index (χ3v) is 1.06. The van der Waals surface area contributed by atoms with Gasteiger partial charge >= 0.3 is 40.2 Å². The van der Waals surface area contributed by atoms with Crippen molar-refractivity contribution in [2.75, 3.05) is 0 Å². The molecule has 0 aromatic rings. The van der Waals surface area contributed by atoms with Crippen molar-refractivity contribution < 1.29 is 8.32 Å². The molecule has 27 valence electrons. The van der Waals surface area contributed by atoms with Crippen LogP contribution in [0.15, 0.2) is 0 Å². The fraction of sp³-hybridized carbons (Fsp3) is 0.500. The molecule has 0 rings (SSSR count). The Labute approximate surface area is 40.8 Å². The number of carbonyl (C=O) groups excluding carboxylic acids is 1. The van der Waals surface area contributed by atoms with Crippen LogP contribution in [-0.2, 0) is 8.32 Å². The average molecular weight is 130 g/mol. The van der Waals surface area contributed by atoms with Crippen molar-refractivity contribution in [2.45, 2.75) is 6.92 Å². The molecule has 0 atom stereocenters. The molecule has 0 bridgehead atoms. The summed E-state index contributed by atoms with van der Waals surface area (Å²) in [7, 11) is 0. The van der Waals surface area contributed by atoms with Crippen LogP contribution in [0.3, 0.4) is 0 Å². The second-order valence-corrected chi connectivity index (χ2v) is 1.24. The zero-order chi connectivity index (χ0) is 4.28. The number of carbonyl (C=O) groups is 1. The van der Waals surface area contributed by atoms with Gasteiger partial charge in [-0.25, -0.2) is 0 Å². The van der Waals surface area contributed by atoms with Gasteiger partial charge in [0.15, 0.2) is 0 Å². The Morgan fingerprint density at radius 3 is 2.20 bits per heavy atom. The molecule has 5 heavy (non-hydrogen) atoms. The van der Waals surface area contributed by atoms with Crippen LogP contribution in [-0.4, -0.2) is 24.9 Å². The van der Waals surface area contributed by atoms with E-state index in [0.717, 1.165) is 0 Å². The summed E-state index contributed by atoms with van der Waals surface area (Å²) in [6, 6.07) is 0. The van der Waals surface area contributed by atoms with E-state index in [1.165, 1.54) is 6.92 Å². The molecule has 0 amide bonds. The molecular weight excluding hydrogens is 126 g/mol. The van der Waals surface area contributed by atoms with E-state index in [1.54, 1.807) is 0 Å². The van der Waals surface area contributed by atoms with Crippen LogP contribution in [0.1, 0.15) is 6.92 Å². The second kappa shape index (κ2) is 2.35. The summed E-state index contributed by atoms with van der Waals surface area (Å²) in [5.74, 6) is -0.190. The molecule has 0 fully saturated rings. The molecule has 0 aliphatic rings. The predicted molar refractivity (Wildman–Crippen MR) is 18.9 cm³/mol. The molecule has 0 saturated heterocycles. The Balaban J connectivity index is 2.85. The molecule has 0 aromatic heterocycles. The second-order valence-electron chi connectivity index (χ2n) is 0.636. The Morgan fingerprint density at radius 1 is 2.00 bits per heavy atom. The normalized spacial score (nSPS) is 6.60. The van der Waals surface area contributed by atoms with Gasteiger partial charge in [0.05, 0.1) is 0 Å². The summed E-state index contributed by atoms with van der Waals surface area (Å²) < 4.78 is 4.24. The van der Waals surface area contributed by atoms with E-state index in [-0.39, 0.29) is 5.97 Å². The van der Waals surface area contributed by atoms with Gasteiger partial charge in [0, 0.05) is 0 Å². The van der Waals surface area contributed by atoms with Crippen molar-refractivity contribution in [1.82, 2.24) is 0 Å². The fourth-order valence-corrected chi connectivity index (χ4v) is 0. The van der Waals surface area contributed by atoms with Gasteiger partial charge in [0.1, 0.15) is 0 Å². The molecule has 1 radical (unpaired) electrons. The Kier molecular flexibility index (Phi) is 2.40. The third-order valence-electron chi connectivity index (χ3n) is 0.203. The summed E-state index contributed by atoms with van der Waals surface area (Å²) in [5.41, 5.74) is 0. The number of hydrogen-bond donors (Lipinski definition) is 0. The van der Waals surface area contributed by atoms with Crippen LogP contribution in [0, 0.1) is 0 Å². The van der Waals surface area contributed by atoms with Gasteiger partial charge in [0.2, 0.25) is 0 Å².